The van der Waals surface area contributed by atoms with Crippen LogP contribution in [0.15, 0.2) is 199 Å². The van der Waals surface area contributed by atoms with Gasteiger partial charge >= 0.3 is 0 Å². The van der Waals surface area contributed by atoms with Gasteiger partial charge in [-0.1, -0.05) is 185 Å². The molecule has 65 heavy (non-hydrogen) atoms. The molecular formula is C59H48N4OSi. The van der Waals surface area contributed by atoms with Crippen molar-refractivity contribution < 1.29 is 4.42 Å². The van der Waals surface area contributed by atoms with Gasteiger partial charge in [-0.15, -0.1) is 0 Å². The summed E-state index contributed by atoms with van der Waals surface area (Å²) in [6.07, 6.45) is 2.27. The molecule has 3 aromatic heterocycles. The van der Waals surface area contributed by atoms with E-state index in [0.717, 1.165) is 56.9 Å². The molecule has 0 saturated heterocycles. The van der Waals surface area contributed by atoms with Gasteiger partial charge in [-0.2, -0.15) is 9.97 Å². The van der Waals surface area contributed by atoms with Crippen molar-refractivity contribution in [3.8, 4) is 28.7 Å². The van der Waals surface area contributed by atoms with Gasteiger partial charge < -0.3 is 4.42 Å². The Hall–Kier alpha value is -7.41. The van der Waals surface area contributed by atoms with E-state index in [0.29, 0.717) is 17.6 Å². The molecule has 314 valence electrons. The van der Waals surface area contributed by atoms with Crippen LogP contribution in [-0.2, 0) is 10.8 Å². The summed E-state index contributed by atoms with van der Waals surface area (Å²) in [6.45, 7) is 9.58. The van der Waals surface area contributed by atoms with E-state index in [1.807, 2.05) is 12.1 Å². The quantitative estimate of drug-likeness (QED) is 0.118. The summed E-state index contributed by atoms with van der Waals surface area (Å²) in [5.41, 5.74) is 8.52. The smallest absolute Gasteiger partial charge is 0.238 e. The van der Waals surface area contributed by atoms with Crippen LogP contribution in [0.5, 0.6) is 0 Å². The van der Waals surface area contributed by atoms with Crippen LogP contribution in [-0.4, -0.2) is 27.6 Å². The minimum atomic E-state index is -2.86. The zero-order valence-corrected chi connectivity index (χ0v) is 38.1. The number of hydrogen-bond acceptors (Lipinski definition) is 4. The number of fused-ring (bicyclic) bond motifs is 7. The molecule has 3 heterocycles. The van der Waals surface area contributed by atoms with Crippen molar-refractivity contribution >= 4 is 72.6 Å². The normalized spacial score (nSPS) is 14.6. The summed E-state index contributed by atoms with van der Waals surface area (Å²) >= 11 is 0. The van der Waals surface area contributed by atoms with Gasteiger partial charge in [0.15, 0.2) is 19.7 Å². The lowest BCUT2D eigenvalue weighted by Gasteiger charge is -2.42. The van der Waals surface area contributed by atoms with Gasteiger partial charge in [0.2, 0.25) is 5.95 Å². The summed E-state index contributed by atoms with van der Waals surface area (Å²) in [5.74, 6) is 1.77. The van der Waals surface area contributed by atoms with Crippen molar-refractivity contribution in [2.24, 2.45) is 0 Å². The van der Waals surface area contributed by atoms with E-state index in [9.17, 15) is 0 Å². The second-order valence-corrected chi connectivity index (χ2v) is 22.9. The van der Waals surface area contributed by atoms with Crippen molar-refractivity contribution in [1.29, 1.82) is 0 Å². The van der Waals surface area contributed by atoms with Gasteiger partial charge in [-0.25, -0.2) is 4.98 Å². The Morgan fingerprint density at radius 3 is 1.58 bits per heavy atom. The van der Waals surface area contributed by atoms with E-state index < -0.39 is 8.07 Å². The highest BCUT2D eigenvalue weighted by Crippen LogP contribution is 2.48. The molecule has 8 aromatic carbocycles. The molecule has 11 aromatic rings. The Balaban J connectivity index is 1.14. The lowest BCUT2D eigenvalue weighted by atomic mass is 9.63. The average molecular weight is 857 g/mol. The second-order valence-electron chi connectivity index (χ2n) is 19.1. The fourth-order valence-electron chi connectivity index (χ4n) is 10.8. The summed E-state index contributed by atoms with van der Waals surface area (Å²) in [5, 5.41) is 9.73. The SMILES string of the molecule is CC1(C)CCC(C)(C)c2cc3c(cc21)c1ccccc1n3-c1nc(-c2cccc([Si](c3ccccc3)(c3ccccc3)c3ccccc3)c2)nc(-c2ccc3c(c2)oc2ccccc23)n1. The van der Waals surface area contributed by atoms with Crippen LogP contribution in [0, 0.1) is 0 Å². The predicted octanol–water partition coefficient (Wildman–Crippen LogP) is 11.9. The Labute approximate surface area is 380 Å². The minimum Gasteiger partial charge on any atom is -0.456 e. The fourth-order valence-corrected chi connectivity index (χ4v) is 15.6. The maximum atomic E-state index is 6.44. The second kappa shape index (κ2) is 14.8. The van der Waals surface area contributed by atoms with Gasteiger partial charge in [0.25, 0.3) is 0 Å². The molecule has 12 rings (SSSR count). The van der Waals surface area contributed by atoms with Crippen molar-refractivity contribution in [2.75, 3.05) is 0 Å². The van der Waals surface area contributed by atoms with E-state index in [1.54, 1.807) is 0 Å². The first-order chi connectivity index (χ1) is 31.7. The summed E-state index contributed by atoms with van der Waals surface area (Å²) < 4.78 is 8.72. The lowest BCUT2D eigenvalue weighted by Crippen LogP contribution is -2.74. The first-order valence-electron chi connectivity index (χ1n) is 22.7. The van der Waals surface area contributed by atoms with Crippen LogP contribution < -0.4 is 20.7 Å². The molecular weight excluding hydrogens is 809 g/mol. The zero-order chi connectivity index (χ0) is 43.9. The number of nitrogens with zero attached hydrogens (tertiary/aromatic N) is 4. The van der Waals surface area contributed by atoms with Crippen LogP contribution in [0.2, 0.25) is 0 Å². The number of rotatable bonds is 7. The number of para-hydroxylation sites is 2. The fraction of sp³-hybridized carbons (Fsp3) is 0.136. The Morgan fingerprint density at radius 1 is 0.415 bits per heavy atom. The molecule has 0 radical (unpaired) electrons. The molecule has 0 unspecified atom stereocenters. The largest absolute Gasteiger partial charge is 0.456 e. The van der Waals surface area contributed by atoms with Gasteiger partial charge in [-0.05, 0) is 91.9 Å². The number of aromatic nitrogens is 4. The predicted molar refractivity (Wildman–Crippen MR) is 271 cm³/mol. The molecule has 0 atom stereocenters. The monoisotopic (exact) mass is 856 g/mol. The number of hydrogen-bond donors (Lipinski definition) is 0. The third-order valence-electron chi connectivity index (χ3n) is 14.3. The molecule has 1 aliphatic rings. The van der Waals surface area contributed by atoms with Crippen LogP contribution in [0.3, 0.4) is 0 Å². The third-order valence-corrected chi connectivity index (χ3v) is 19.1. The Kier molecular flexibility index (Phi) is 8.94. The first kappa shape index (κ1) is 39.2. The molecule has 0 N–H and O–H groups in total. The topological polar surface area (TPSA) is 56.7 Å². The van der Waals surface area contributed by atoms with Crippen molar-refractivity contribution in [1.82, 2.24) is 19.5 Å². The highest BCUT2D eigenvalue weighted by molar-refractivity contribution is 7.19. The van der Waals surface area contributed by atoms with E-state index in [-0.39, 0.29) is 10.8 Å². The lowest BCUT2D eigenvalue weighted by molar-refractivity contribution is 0.332. The maximum Gasteiger partial charge on any atom is 0.238 e. The van der Waals surface area contributed by atoms with Gasteiger partial charge in [-0.3, -0.25) is 4.57 Å². The molecule has 0 amide bonds. The van der Waals surface area contributed by atoms with Crippen molar-refractivity contribution in [2.45, 2.75) is 51.4 Å². The highest BCUT2D eigenvalue weighted by atomic mass is 28.3. The zero-order valence-electron chi connectivity index (χ0n) is 37.1. The molecule has 0 spiro atoms. The van der Waals surface area contributed by atoms with Crippen LogP contribution >= 0.6 is 0 Å². The molecule has 1 aliphatic carbocycles. The summed E-state index contributed by atoms with van der Waals surface area (Å²) in [4.78, 5) is 16.3. The Morgan fingerprint density at radius 2 is 0.938 bits per heavy atom. The van der Waals surface area contributed by atoms with Crippen LogP contribution in [0.4, 0.5) is 0 Å². The number of furan rings is 1. The maximum absolute atomic E-state index is 6.44. The first-order valence-corrected chi connectivity index (χ1v) is 24.7. The van der Waals surface area contributed by atoms with Crippen LogP contribution in [0.1, 0.15) is 51.7 Å². The number of benzene rings is 8. The van der Waals surface area contributed by atoms with E-state index in [2.05, 4.69) is 214 Å². The van der Waals surface area contributed by atoms with E-state index in [4.69, 9.17) is 19.4 Å². The van der Waals surface area contributed by atoms with Gasteiger partial charge in [0.1, 0.15) is 11.2 Å². The van der Waals surface area contributed by atoms with Crippen molar-refractivity contribution in [3.05, 3.63) is 205 Å². The van der Waals surface area contributed by atoms with Crippen molar-refractivity contribution in [3.63, 3.8) is 0 Å². The molecule has 0 fully saturated rings. The standard InChI is InChI=1S/C59H48N4OSi/c1-58(2)33-34-59(3,4)50-38-52-48(37-49(50)58)45-27-14-16-29-51(45)63(52)57-61-55(60-56(62-57)40-31-32-47-46-28-15-17-30-53(46)64-54(47)36-40)39-19-18-26-44(35-39)65(41-20-8-5-9-21-41,42-22-10-6-11-23-42)43-24-12-7-13-25-43/h5-32,35-38H,33-34H2,1-4H3. The minimum absolute atomic E-state index is 0.0187. The van der Waals surface area contributed by atoms with Gasteiger partial charge in [0.05, 0.1) is 11.0 Å². The Bertz CT molecular complexity index is 3510. The molecule has 0 saturated carbocycles. The van der Waals surface area contributed by atoms with Gasteiger partial charge in [0, 0.05) is 32.7 Å². The third kappa shape index (κ3) is 6.22. The molecule has 6 heteroatoms. The summed E-state index contributed by atoms with van der Waals surface area (Å²) in [6, 6.07) is 70.3. The molecule has 5 nitrogen and oxygen atoms in total. The summed E-state index contributed by atoms with van der Waals surface area (Å²) in [7, 11) is -2.86. The molecule has 0 aliphatic heterocycles. The highest BCUT2D eigenvalue weighted by Gasteiger charge is 2.42. The average Bonchev–Trinajstić information content (AvgIpc) is 3.89. The van der Waals surface area contributed by atoms with E-state index in [1.165, 1.54) is 42.6 Å². The van der Waals surface area contributed by atoms with E-state index >= 15 is 0 Å². The van der Waals surface area contributed by atoms with Crippen LogP contribution in [0.25, 0.3) is 72.5 Å². The molecule has 0 bridgehead atoms.